The van der Waals surface area contributed by atoms with Crippen molar-refractivity contribution in [1.29, 1.82) is 0 Å². The van der Waals surface area contributed by atoms with Crippen LogP contribution in [-0.4, -0.2) is 16.1 Å². The van der Waals surface area contributed by atoms with Gasteiger partial charge in [0.05, 0.1) is 0 Å². The van der Waals surface area contributed by atoms with Crippen molar-refractivity contribution in [2.24, 2.45) is 13.0 Å². The van der Waals surface area contributed by atoms with Crippen LogP contribution in [0.1, 0.15) is 32.1 Å². The molecule has 0 aliphatic heterocycles. The molecule has 0 bridgehead atoms. The Balaban J connectivity index is 1.99. The zero-order valence-corrected chi connectivity index (χ0v) is 10.2. The van der Waals surface area contributed by atoms with E-state index in [0.717, 1.165) is 11.1 Å². The van der Waals surface area contributed by atoms with Crippen LogP contribution < -0.4 is 16.6 Å². The van der Waals surface area contributed by atoms with Gasteiger partial charge in [-0.15, -0.1) is 0 Å². The zero-order chi connectivity index (χ0) is 12.3. The Morgan fingerprint density at radius 3 is 2.71 bits per heavy atom. The van der Waals surface area contributed by atoms with Gasteiger partial charge < -0.3 is 5.32 Å². The second-order valence-electron chi connectivity index (χ2n) is 4.77. The van der Waals surface area contributed by atoms with Gasteiger partial charge in [-0.25, -0.2) is 4.79 Å². The first kappa shape index (κ1) is 12.0. The fourth-order valence-corrected chi connectivity index (χ4v) is 2.30. The highest BCUT2D eigenvalue weighted by atomic mass is 16.2. The van der Waals surface area contributed by atoms with Gasteiger partial charge in [-0.05, 0) is 18.8 Å². The van der Waals surface area contributed by atoms with Crippen LogP contribution in [0.25, 0.3) is 0 Å². The number of aromatic amines is 1. The van der Waals surface area contributed by atoms with E-state index in [2.05, 4.69) is 10.3 Å². The van der Waals surface area contributed by atoms with Gasteiger partial charge in [0.2, 0.25) is 0 Å². The van der Waals surface area contributed by atoms with Gasteiger partial charge in [-0.2, -0.15) is 0 Å². The number of aromatic nitrogens is 2. The van der Waals surface area contributed by atoms with Crippen LogP contribution in [0.4, 0.5) is 5.82 Å². The monoisotopic (exact) mass is 237 g/mol. The molecule has 0 saturated heterocycles. The van der Waals surface area contributed by atoms with Crippen molar-refractivity contribution in [2.45, 2.75) is 32.1 Å². The molecule has 0 aromatic carbocycles. The molecular formula is C12H19N3O2. The highest BCUT2D eigenvalue weighted by Crippen LogP contribution is 2.23. The number of nitrogens with one attached hydrogen (secondary N) is 2. The van der Waals surface area contributed by atoms with E-state index in [9.17, 15) is 9.59 Å². The quantitative estimate of drug-likeness (QED) is 0.826. The molecule has 94 valence electrons. The molecule has 1 heterocycles. The lowest BCUT2D eigenvalue weighted by molar-refractivity contribution is 0.373. The largest absolute Gasteiger partial charge is 0.371 e. The Kier molecular flexibility index (Phi) is 3.66. The van der Waals surface area contributed by atoms with E-state index in [1.54, 1.807) is 0 Å². The lowest BCUT2D eigenvalue weighted by Crippen LogP contribution is -2.33. The topological polar surface area (TPSA) is 66.9 Å². The van der Waals surface area contributed by atoms with Gasteiger partial charge in [0.15, 0.2) is 0 Å². The van der Waals surface area contributed by atoms with E-state index >= 15 is 0 Å². The van der Waals surface area contributed by atoms with Crippen LogP contribution in [0.5, 0.6) is 0 Å². The average Bonchev–Trinajstić information content (AvgIpc) is 2.34. The summed E-state index contributed by atoms with van der Waals surface area (Å²) in [6.45, 7) is 0.836. The maximum atomic E-state index is 11.4. The first-order chi connectivity index (χ1) is 8.16. The fourth-order valence-electron chi connectivity index (χ4n) is 2.30. The molecular weight excluding hydrogens is 218 g/mol. The normalized spacial score (nSPS) is 17.0. The third-order valence-electron chi connectivity index (χ3n) is 3.45. The third-order valence-corrected chi connectivity index (χ3v) is 3.45. The summed E-state index contributed by atoms with van der Waals surface area (Å²) in [5, 5.41) is 3.15. The van der Waals surface area contributed by atoms with Gasteiger partial charge in [0, 0.05) is 19.7 Å². The van der Waals surface area contributed by atoms with Crippen LogP contribution in [0.15, 0.2) is 15.7 Å². The average molecular weight is 237 g/mol. The lowest BCUT2D eigenvalue weighted by atomic mass is 9.89. The van der Waals surface area contributed by atoms with Crippen LogP contribution in [0.2, 0.25) is 0 Å². The van der Waals surface area contributed by atoms with Crippen LogP contribution >= 0.6 is 0 Å². The summed E-state index contributed by atoms with van der Waals surface area (Å²) in [5.41, 5.74) is -0.650. The van der Waals surface area contributed by atoms with Crippen molar-refractivity contribution in [3.05, 3.63) is 26.9 Å². The molecule has 1 aliphatic carbocycles. The number of anilines is 1. The zero-order valence-electron chi connectivity index (χ0n) is 10.2. The minimum absolute atomic E-state index is 0.278. The first-order valence-electron chi connectivity index (χ1n) is 6.21. The summed E-state index contributed by atoms with van der Waals surface area (Å²) in [5.74, 6) is 1.19. The van der Waals surface area contributed by atoms with Crippen LogP contribution in [-0.2, 0) is 7.05 Å². The van der Waals surface area contributed by atoms with Crippen LogP contribution in [0.3, 0.4) is 0 Å². The predicted octanol–water partition coefficient (Wildman–Crippen LogP) is 1.07. The SMILES string of the molecule is Cn1c(=O)cc(NCC2CCCCC2)[nH]c1=O. The summed E-state index contributed by atoms with van der Waals surface area (Å²) >= 11 is 0. The Labute approximate surface area is 99.9 Å². The molecule has 0 amide bonds. The molecule has 1 aliphatic rings. The molecule has 0 spiro atoms. The van der Waals surface area contributed by atoms with E-state index < -0.39 is 0 Å². The molecule has 2 N–H and O–H groups in total. The summed E-state index contributed by atoms with van der Waals surface area (Å²) in [7, 11) is 1.46. The van der Waals surface area contributed by atoms with Crippen molar-refractivity contribution in [3.63, 3.8) is 0 Å². The second-order valence-corrected chi connectivity index (χ2v) is 4.77. The minimum atomic E-state index is -0.372. The Hall–Kier alpha value is -1.52. The number of hydrogen-bond donors (Lipinski definition) is 2. The van der Waals surface area contributed by atoms with Crippen molar-refractivity contribution in [3.8, 4) is 0 Å². The molecule has 0 unspecified atom stereocenters. The van der Waals surface area contributed by atoms with Crippen molar-refractivity contribution < 1.29 is 0 Å². The number of nitrogens with zero attached hydrogens (tertiary/aromatic N) is 1. The second kappa shape index (κ2) is 5.21. The van der Waals surface area contributed by atoms with Gasteiger partial charge in [-0.1, -0.05) is 19.3 Å². The molecule has 5 nitrogen and oxygen atoms in total. The first-order valence-corrected chi connectivity index (χ1v) is 6.21. The van der Waals surface area contributed by atoms with E-state index in [0.29, 0.717) is 11.7 Å². The summed E-state index contributed by atoms with van der Waals surface area (Å²) in [6.07, 6.45) is 6.39. The van der Waals surface area contributed by atoms with Gasteiger partial charge in [-0.3, -0.25) is 14.3 Å². The van der Waals surface area contributed by atoms with Crippen molar-refractivity contribution in [1.82, 2.24) is 9.55 Å². The summed E-state index contributed by atoms with van der Waals surface area (Å²) in [4.78, 5) is 25.4. The summed E-state index contributed by atoms with van der Waals surface area (Å²) < 4.78 is 1.06. The lowest BCUT2D eigenvalue weighted by Gasteiger charge is -2.22. The van der Waals surface area contributed by atoms with Gasteiger partial charge >= 0.3 is 5.69 Å². The summed E-state index contributed by atoms with van der Waals surface area (Å²) in [6, 6.07) is 1.43. The maximum Gasteiger partial charge on any atom is 0.329 e. The Morgan fingerprint density at radius 2 is 2.06 bits per heavy atom. The molecule has 1 aromatic heterocycles. The Morgan fingerprint density at radius 1 is 1.35 bits per heavy atom. The van der Waals surface area contributed by atoms with Crippen molar-refractivity contribution in [2.75, 3.05) is 11.9 Å². The number of rotatable bonds is 3. The highest BCUT2D eigenvalue weighted by molar-refractivity contribution is 5.31. The molecule has 2 rings (SSSR count). The third kappa shape index (κ3) is 2.99. The Bertz CT molecular complexity index is 452. The molecule has 1 aromatic rings. The van der Waals surface area contributed by atoms with Crippen LogP contribution in [0, 0.1) is 5.92 Å². The fraction of sp³-hybridized carbons (Fsp3) is 0.667. The molecule has 0 radical (unpaired) electrons. The maximum absolute atomic E-state index is 11.4. The number of H-pyrrole nitrogens is 1. The van der Waals surface area contributed by atoms with E-state index in [-0.39, 0.29) is 11.2 Å². The van der Waals surface area contributed by atoms with Crippen molar-refractivity contribution >= 4 is 5.82 Å². The molecule has 5 heteroatoms. The van der Waals surface area contributed by atoms with E-state index in [1.165, 1.54) is 45.2 Å². The molecule has 1 fully saturated rings. The molecule has 1 saturated carbocycles. The number of hydrogen-bond acceptors (Lipinski definition) is 3. The van der Waals surface area contributed by atoms with Gasteiger partial charge in [0.1, 0.15) is 5.82 Å². The van der Waals surface area contributed by atoms with Gasteiger partial charge in [0.25, 0.3) is 5.56 Å². The molecule has 0 atom stereocenters. The highest BCUT2D eigenvalue weighted by Gasteiger charge is 2.13. The predicted molar refractivity (Wildman–Crippen MR) is 67.4 cm³/mol. The minimum Gasteiger partial charge on any atom is -0.371 e. The molecule has 17 heavy (non-hydrogen) atoms. The van der Waals surface area contributed by atoms with E-state index in [1.807, 2.05) is 0 Å². The smallest absolute Gasteiger partial charge is 0.329 e. The van der Waals surface area contributed by atoms with E-state index in [4.69, 9.17) is 0 Å². The standard InChI is InChI=1S/C12H19N3O2/c1-15-11(16)7-10(14-12(15)17)13-8-9-5-3-2-4-6-9/h7,9,13H,2-6,8H2,1H3,(H,14,17).